The molecule has 36 heavy (non-hydrogen) atoms. The summed E-state index contributed by atoms with van der Waals surface area (Å²) in [5.74, 6) is 0.199. The van der Waals surface area contributed by atoms with Gasteiger partial charge in [-0.25, -0.2) is 5.43 Å². The second-order valence-corrected chi connectivity index (χ2v) is 8.96. The van der Waals surface area contributed by atoms with Gasteiger partial charge in [0.15, 0.2) is 11.5 Å². The Morgan fingerprint density at radius 1 is 0.944 bits per heavy atom. The Hall–Kier alpha value is -3.86. The van der Waals surface area contributed by atoms with Gasteiger partial charge in [0.1, 0.15) is 5.70 Å². The van der Waals surface area contributed by atoms with Crippen LogP contribution in [-0.4, -0.2) is 46.3 Å². The molecule has 0 aliphatic rings. The van der Waals surface area contributed by atoms with Crippen LogP contribution in [0.2, 0.25) is 0 Å². The number of amides is 2. The van der Waals surface area contributed by atoms with Crippen LogP contribution in [0, 0.1) is 3.57 Å². The van der Waals surface area contributed by atoms with E-state index in [9.17, 15) is 9.59 Å². The van der Waals surface area contributed by atoms with Crippen LogP contribution in [0.15, 0.2) is 77.5 Å². The van der Waals surface area contributed by atoms with Crippen molar-refractivity contribution in [3.63, 3.8) is 0 Å². The first-order valence-corrected chi connectivity index (χ1v) is 12.0. The van der Waals surface area contributed by atoms with Crippen LogP contribution < -0.4 is 25.1 Å². The van der Waals surface area contributed by atoms with Crippen LogP contribution in [0.1, 0.15) is 21.5 Å². The van der Waals surface area contributed by atoms with Gasteiger partial charge in [-0.3, -0.25) is 9.59 Å². The lowest BCUT2D eigenvalue weighted by atomic mass is 10.1. The molecule has 2 amide bonds. The molecule has 0 saturated heterocycles. The lowest BCUT2D eigenvalue weighted by Gasteiger charge is -2.13. The Balaban J connectivity index is 1.83. The first kappa shape index (κ1) is 26.7. The maximum absolute atomic E-state index is 13.0. The average Bonchev–Trinajstić information content (AvgIpc) is 2.88. The molecule has 0 radical (unpaired) electrons. The summed E-state index contributed by atoms with van der Waals surface area (Å²) in [6.07, 6.45) is 3.09. The van der Waals surface area contributed by atoms with Crippen LogP contribution >= 0.6 is 22.6 Å². The molecule has 3 rings (SSSR count). The van der Waals surface area contributed by atoms with Crippen molar-refractivity contribution in [2.75, 3.05) is 33.2 Å². The summed E-state index contributed by atoms with van der Waals surface area (Å²) in [4.78, 5) is 27.7. The number of nitrogens with one attached hydrogen (secondary N) is 2. The third-order valence-corrected chi connectivity index (χ3v) is 5.89. The van der Waals surface area contributed by atoms with Crippen LogP contribution in [0.3, 0.4) is 0 Å². The van der Waals surface area contributed by atoms with Gasteiger partial charge in [-0.15, -0.1) is 0 Å². The van der Waals surface area contributed by atoms with Gasteiger partial charge in [-0.05, 0) is 76.2 Å². The van der Waals surface area contributed by atoms with Crippen molar-refractivity contribution < 1.29 is 19.1 Å². The summed E-state index contributed by atoms with van der Waals surface area (Å²) in [6.45, 7) is 0. The highest BCUT2D eigenvalue weighted by molar-refractivity contribution is 14.1. The quantitative estimate of drug-likeness (QED) is 0.166. The Morgan fingerprint density at radius 3 is 2.25 bits per heavy atom. The lowest BCUT2D eigenvalue weighted by Crippen LogP contribution is -2.32. The molecular formula is C27H27IN4O4. The molecule has 0 fully saturated rings. The smallest absolute Gasteiger partial charge is 0.287 e. The number of carbonyl (C=O) groups excluding carboxylic acids is 2. The molecule has 2 N–H and O–H groups in total. The van der Waals surface area contributed by atoms with Crippen LogP contribution in [0.25, 0.3) is 6.08 Å². The molecular weight excluding hydrogens is 571 g/mol. The minimum atomic E-state index is -0.567. The van der Waals surface area contributed by atoms with Crippen molar-refractivity contribution in [3.8, 4) is 11.5 Å². The van der Waals surface area contributed by atoms with Gasteiger partial charge in [0, 0.05) is 25.3 Å². The molecule has 3 aromatic carbocycles. The Morgan fingerprint density at radius 2 is 1.64 bits per heavy atom. The summed E-state index contributed by atoms with van der Waals surface area (Å²) in [5.41, 5.74) is 5.44. The second-order valence-electron chi connectivity index (χ2n) is 7.80. The van der Waals surface area contributed by atoms with E-state index in [0.717, 1.165) is 14.8 Å². The first-order chi connectivity index (χ1) is 17.3. The molecule has 0 saturated carbocycles. The van der Waals surface area contributed by atoms with E-state index in [-0.39, 0.29) is 5.70 Å². The van der Waals surface area contributed by atoms with Crippen LogP contribution in [0.5, 0.6) is 11.5 Å². The maximum atomic E-state index is 13.0. The standard InChI is InChI=1S/C27H27IN4O4/c1-32(2)21-12-10-18(11-13-21)15-23(30-26(33)20-8-6-5-7-9-20)27(34)31-29-17-19-14-22(28)25(36-4)24(16-19)35-3/h5-17H,1-4H3,(H,30,33)(H,31,34). The van der Waals surface area contributed by atoms with Crippen molar-refractivity contribution in [2.24, 2.45) is 5.10 Å². The summed E-state index contributed by atoms with van der Waals surface area (Å²) in [5, 5.41) is 6.77. The van der Waals surface area contributed by atoms with E-state index in [2.05, 4.69) is 38.4 Å². The third-order valence-electron chi connectivity index (χ3n) is 5.08. The van der Waals surface area contributed by atoms with E-state index in [1.165, 1.54) is 6.21 Å². The van der Waals surface area contributed by atoms with E-state index in [4.69, 9.17) is 9.47 Å². The molecule has 0 aromatic heterocycles. The van der Waals surface area contributed by atoms with Crippen LogP contribution in [-0.2, 0) is 4.79 Å². The number of ether oxygens (including phenoxy) is 2. The largest absolute Gasteiger partial charge is 0.493 e. The van der Waals surface area contributed by atoms with Crippen molar-refractivity contribution in [1.82, 2.24) is 10.7 Å². The number of anilines is 1. The number of rotatable bonds is 9. The first-order valence-electron chi connectivity index (χ1n) is 10.9. The molecule has 0 heterocycles. The molecule has 9 heteroatoms. The number of hydrazone groups is 1. The fraction of sp³-hybridized carbons (Fsp3) is 0.148. The minimum absolute atomic E-state index is 0.0560. The van der Waals surface area contributed by atoms with E-state index in [1.54, 1.807) is 50.6 Å². The molecule has 0 unspecified atom stereocenters. The van der Waals surface area contributed by atoms with Crippen LogP contribution in [0.4, 0.5) is 5.69 Å². The van der Waals surface area contributed by atoms with Crippen molar-refractivity contribution in [1.29, 1.82) is 0 Å². The number of carbonyl (C=O) groups is 2. The monoisotopic (exact) mass is 598 g/mol. The molecule has 0 aliphatic carbocycles. The summed E-state index contributed by atoms with van der Waals surface area (Å²) >= 11 is 2.13. The molecule has 8 nitrogen and oxygen atoms in total. The van der Waals surface area contributed by atoms with Gasteiger partial charge in [0.25, 0.3) is 11.8 Å². The second kappa shape index (κ2) is 12.7. The highest BCUT2D eigenvalue weighted by Gasteiger charge is 2.15. The van der Waals surface area contributed by atoms with E-state index in [1.807, 2.05) is 55.4 Å². The van der Waals surface area contributed by atoms with E-state index >= 15 is 0 Å². The van der Waals surface area contributed by atoms with Gasteiger partial charge in [-0.2, -0.15) is 5.10 Å². The highest BCUT2D eigenvalue weighted by atomic mass is 127. The normalized spacial score (nSPS) is 11.2. The average molecular weight is 598 g/mol. The molecule has 0 aliphatic heterocycles. The fourth-order valence-corrected chi connectivity index (χ4v) is 4.06. The maximum Gasteiger partial charge on any atom is 0.287 e. The van der Waals surface area contributed by atoms with Crippen molar-refractivity contribution >= 4 is 52.4 Å². The lowest BCUT2D eigenvalue weighted by molar-refractivity contribution is -0.117. The summed E-state index contributed by atoms with van der Waals surface area (Å²) < 4.78 is 11.5. The van der Waals surface area contributed by atoms with E-state index < -0.39 is 11.8 Å². The van der Waals surface area contributed by atoms with Crippen molar-refractivity contribution in [2.45, 2.75) is 0 Å². The fourth-order valence-electron chi connectivity index (χ4n) is 3.22. The zero-order valence-electron chi connectivity index (χ0n) is 20.4. The molecule has 0 bridgehead atoms. The number of hydrogen-bond acceptors (Lipinski definition) is 6. The van der Waals surface area contributed by atoms with Gasteiger partial charge >= 0.3 is 0 Å². The number of benzene rings is 3. The number of nitrogens with zero attached hydrogens (tertiary/aromatic N) is 2. The molecule has 0 atom stereocenters. The predicted octanol–water partition coefficient (Wildman–Crippen LogP) is 4.30. The van der Waals surface area contributed by atoms with Gasteiger partial charge in [-0.1, -0.05) is 30.3 Å². The molecule has 186 valence electrons. The van der Waals surface area contributed by atoms with Gasteiger partial charge < -0.3 is 19.7 Å². The Bertz CT molecular complexity index is 1270. The summed E-state index contributed by atoms with van der Waals surface area (Å²) in [6, 6.07) is 19.9. The highest BCUT2D eigenvalue weighted by Crippen LogP contribution is 2.33. The minimum Gasteiger partial charge on any atom is -0.493 e. The predicted molar refractivity (Wildman–Crippen MR) is 151 cm³/mol. The van der Waals surface area contributed by atoms with Gasteiger partial charge in [0.05, 0.1) is 24.0 Å². The number of hydrogen-bond donors (Lipinski definition) is 2. The van der Waals surface area contributed by atoms with E-state index in [0.29, 0.717) is 22.6 Å². The van der Waals surface area contributed by atoms with Crippen molar-refractivity contribution in [3.05, 3.63) is 92.7 Å². The van der Waals surface area contributed by atoms with Gasteiger partial charge in [0.2, 0.25) is 0 Å². The number of halogens is 1. The molecule has 0 spiro atoms. The molecule has 3 aromatic rings. The SMILES string of the molecule is COc1cc(C=NNC(=O)C(=Cc2ccc(N(C)C)cc2)NC(=O)c2ccccc2)cc(I)c1OC. The topological polar surface area (TPSA) is 92.3 Å². The Kier molecular flexibility index (Phi) is 9.46. The Labute approximate surface area is 224 Å². The zero-order valence-corrected chi connectivity index (χ0v) is 22.6. The number of methoxy groups -OCH3 is 2. The summed E-state index contributed by atoms with van der Waals surface area (Å²) in [7, 11) is 7.01. The zero-order chi connectivity index (χ0) is 26.1. The third kappa shape index (κ3) is 7.08.